The number of carbonyl (C=O) groups is 2. The third-order valence-corrected chi connectivity index (χ3v) is 6.80. The molecule has 0 bridgehead atoms. The number of sulfonamides is 1. The maximum atomic E-state index is 12.3. The molecule has 0 atom stereocenters. The molecule has 2 aromatic heterocycles. The first-order valence-electron chi connectivity index (χ1n) is 9.62. The molecule has 2 N–H and O–H groups in total. The van der Waals surface area contributed by atoms with Crippen molar-refractivity contribution in [2.45, 2.75) is 19.0 Å². The Morgan fingerprint density at radius 2 is 1.91 bits per heavy atom. The Morgan fingerprint density at radius 1 is 1.21 bits per heavy atom. The number of hydrogen-bond donors (Lipinski definition) is 2. The van der Waals surface area contributed by atoms with Gasteiger partial charge in [-0.2, -0.15) is 0 Å². The fourth-order valence-electron chi connectivity index (χ4n) is 2.71. The van der Waals surface area contributed by atoms with E-state index in [4.69, 9.17) is 4.74 Å². The van der Waals surface area contributed by atoms with Crippen LogP contribution in [0.3, 0.4) is 0 Å². The monoisotopic (exact) mass is 510 g/mol. The quantitative estimate of drug-likeness (QED) is 0.327. The van der Waals surface area contributed by atoms with Crippen LogP contribution in [0.1, 0.15) is 22.3 Å². The van der Waals surface area contributed by atoms with Crippen molar-refractivity contribution < 1.29 is 22.7 Å². The van der Waals surface area contributed by atoms with Gasteiger partial charge in [0.25, 0.3) is 0 Å². The largest absolute Gasteiger partial charge is 0.462 e. The number of rotatable bonds is 9. The van der Waals surface area contributed by atoms with Crippen molar-refractivity contribution in [2.24, 2.45) is 7.05 Å². The Balaban J connectivity index is 1.61. The average Bonchev–Trinajstić information content (AvgIpc) is 3.28. The van der Waals surface area contributed by atoms with E-state index in [1.165, 1.54) is 11.8 Å². The van der Waals surface area contributed by atoms with Crippen molar-refractivity contribution in [3.63, 3.8) is 0 Å². The highest BCUT2D eigenvalue weighted by molar-refractivity contribution is 7.99. The normalized spacial score (nSPS) is 11.3. The Morgan fingerprint density at radius 3 is 2.55 bits per heavy atom. The van der Waals surface area contributed by atoms with Gasteiger partial charge in [0, 0.05) is 18.3 Å². The summed E-state index contributed by atoms with van der Waals surface area (Å²) in [4.78, 5) is 28.8. The minimum atomic E-state index is -3.36. The number of thiazole rings is 1. The molecule has 0 saturated carbocycles. The standard InChI is InChI=1S/C19H22N6O5S3/c1-5-30-17(27)15-11(2)20-18(32-15)21-14(26)10-31-19-23-22-16(25(19)3)12-6-8-13(9-7-12)24-33(4,28)29/h6-9,24H,5,10H2,1-4H3,(H,20,21,26). The summed E-state index contributed by atoms with van der Waals surface area (Å²) < 4.78 is 31.8. The molecule has 0 aliphatic carbocycles. The lowest BCUT2D eigenvalue weighted by atomic mass is 10.2. The second-order valence-corrected chi connectivity index (χ2v) is 10.5. The van der Waals surface area contributed by atoms with Crippen molar-refractivity contribution in [3.8, 4) is 11.4 Å². The van der Waals surface area contributed by atoms with Gasteiger partial charge >= 0.3 is 5.97 Å². The van der Waals surface area contributed by atoms with E-state index >= 15 is 0 Å². The third kappa shape index (κ3) is 6.52. The number of esters is 1. The van der Waals surface area contributed by atoms with Crippen molar-refractivity contribution >= 4 is 55.8 Å². The molecule has 11 nitrogen and oxygen atoms in total. The smallest absolute Gasteiger partial charge is 0.350 e. The lowest BCUT2D eigenvalue weighted by molar-refractivity contribution is -0.113. The van der Waals surface area contributed by atoms with Crippen LogP contribution in [-0.2, 0) is 26.6 Å². The molecule has 14 heteroatoms. The first kappa shape index (κ1) is 24.7. The SMILES string of the molecule is CCOC(=O)c1sc(NC(=O)CSc2nnc(-c3ccc(NS(C)(=O)=O)cc3)n2C)nc1C. The molecule has 1 aromatic carbocycles. The molecule has 0 unspecified atom stereocenters. The van der Waals surface area contributed by atoms with Crippen LogP contribution in [0.15, 0.2) is 29.4 Å². The summed E-state index contributed by atoms with van der Waals surface area (Å²) >= 11 is 2.26. The van der Waals surface area contributed by atoms with Gasteiger partial charge in [0.15, 0.2) is 16.1 Å². The number of thioether (sulfide) groups is 1. The van der Waals surface area contributed by atoms with Gasteiger partial charge in [0.05, 0.1) is 24.3 Å². The van der Waals surface area contributed by atoms with Crippen LogP contribution in [0.4, 0.5) is 10.8 Å². The van der Waals surface area contributed by atoms with Gasteiger partial charge in [-0.3, -0.25) is 9.52 Å². The second kappa shape index (κ2) is 10.3. The van der Waals surface area contributed by atoms with Gasteiger partial charge in [-0.15, -0.1) is 10.2 Å². The Kier molecular flexibility index (Phi) is 7.71. The van der Waals surface area contributed by atoms with E-state index in [2.05, 4.69) is 25.2 Å². The summed E-state index contributed by atoms with van der Waals surface area (Å²) in [6.07, 6.45) is 1.08. The van der Waals surface area contributed by atoms with E-state index in [-0.39, 0.29) is 18.3 Å². The fraction of sp³-hybridized carbons (Fsp3) is 0.316. The highest BCUT2D eigenvalue weighted by Gasteiger charge is 2.18. The third-order valence-electron chi connectivity index (χ3n) is 4.12. The molecule has 0 aliphatic rings. The van der Waals surface area contributed by atoms with Gasteiger partial charge in [-0.1, -0.05) is 23.1 Å². The molecule has 3 rings (SSSR count). The van der Waals surface area contributed by atoms with Gasteiger partial charge in [0.2, 0.25) is 15.9 Å². The molecule has 3 aromatic rings. The molecule has 33 heavy (non-hydrogen) atoms. The van der Waals surface area contributed by atoms with Crippen LogP contribution in [0.25, 0.3) is 11.4 Å². The van der Waals surface area contributed by atoms with Gasteiger partial charge in [-0.05, 0) is 38.1 Å². The summed E-state index contributed by atoms with van der Waals surface area (Å²) in [5.74, 6) is -0.131. The number of nitrogens with one attached hydrogen (secondary N) is 2. The summed E-state index contributed by atoms with van der Waals surface area (Å²) in [6.45, 7) is 3.66. The minimum Gasteiger partial charge on any atom is -0.462 e. The van der Waals surface area contributed by atoms with E-state index in [0.29, 0.717) is 32.4 Å². The second-order valence-electron chi connectivity index (χ2n) is 6.81. The zero-order valence-corrected chi connectivity index (χ0v) is 20.7. The number of amides is 1. The van der Waals surface area contributed by atoms with E-state index in [9.17, 15) is 18.0 Å². The number of carbonyl (C=O) groups excluding carboxylic acids is 2. The number of aryl methyl sites for hydroxylation is 1. The van der Waals surface area contributed by atoms with Crippen molar-refractivity contribution in [1.82, 2.24) is 19.7 Å². The van der Waals surface area contributed by atoms with Crippen LogP contribution in [0.5, 0.6) is 0 Å². The molecule has 2 heterocycles. The van der Waals surface area contributed by atoms with Crippen molar-refractivity contribution in [1.29, 1.82) is 0 Å². The number of hydrogen-bond acceptors (Lipinski definition) is 10. The predicted molar refractivity (Wildman–Crippen MR) is 127 cm³/mol. The average molecular weight is 511 g/mol. The zero-order chi connectivity index (χ0) is 24.2. The van der Waals surface area contributed by atoms with Gasteiger partial charge in [0.1, 0.15) is 4.88 Å². The molecular weight excluding hydrogens is 488 g/mol. The number of benzene rings is 1. The number of ether oxygens (including phenoxy) is 1. The molecule has 176 valence electrons. The first-order chi connectivity index (χ1) is 15.6. The molecule has 0 fully saturated rings. The van der Waals surface area contributed by atoms with Crippen LogP contribution >= 0.6 is 23.1 Å². The van der Waals surface area contributed by atoms with Crippen LogP contribution < -0.4 is 10.0 Å². The highest BCUT2D eigenvalue weighted by atomic mass is 32.2. The van der Waals surface area contributed by atoms with E-state index < -0.39 is 16.0 Å². The van der Waals surface area contributed by atoms with Crippen LogP contribution in [0, 0.1) is 6.92 Å². The predicted octanol–water partition coefficient (Wildman–Crippen LogP) is 2.53. The molecule has 0 spiro atoms. The summed E-state index contributed by atoms with van der Waals surface area (Å²) in [6, 6.07) is 6.72. The topological polar surface area (TPSA) is 145 Å². The molecule has 0 aliphatic heterocycles. The lowest BCUT2D eigenvalue weighted by Crippen LogP contribution is -2.14. The fourth-order valence-corrected chi connectivity index (χ4v) is 4.87. The van der Waals surface area contributed by atoms with E-state index in [1.54, 1.807) is 49.7 Å². The van der Waals surface area contributed by atoms with E-state index in [0.717, 1.165) is 23.2 Å². The summed E-state index contributed by atoms with van der Waals surface area (Å²) in [5.41, 5.74) is 1.68. The first-order valence-corrected chi connectivity index (χ1v) is 13.3. The Bertz CT molecular complexity index is 1270. The summed E-state index contributed by atoms with van der Waals surface area (Å²) in [5, 5.41) is 11.8. The number of aromatic nitrogens is 4. The minimum absolute atomic E-state index is 0.0660. The maximum absolute atomic E-state index is 12.3. The zero-order valence-electron chi connectivity index (χ0n) is 18.3. The Hall–Kier alpha value is -2.97. The number of nitrogens with zero attached hydrogens (tertiary/aromatic N) is 4. The number of anilines is 2. The molecule has 0 radical (unpaired) electrons. The van der Waals surface area contributed by atoms with Crippen LogP contribution in [0.2, 0.25) is 0 Å². The summed E-state index contributed by atoms with van der Waals surface area (Å²) in [7, 11) is -1.58. The molecule has 0 saturated heterocycles. The maximum Gasteiger partial charge on any atom is 0.350 e. The van der Waals surface area contributed by atoms with Crippen molar-refractivity contribution in [2.75, 3.05) is 28.7 Å². The lowest BCUT2D eigenvalue weighted by Gasteiger charge is -2.06. The Labute approximate surface area is 199 Å². The highest BCUT2D eigenvalue weighted by Crippen LogP contribution is 2.26. The molecule has 1 amide bonds. The van der Waals surface area contributed by atoms with Gasteiger partial charge in [-0.25, -0.2) is 18.2 Å². The van der Waals surface area contributed by atoms with Crippen LogP contribution in [-0.4, -0.2) is 58.7 Å². The molecular formula is C19H22N6O5S3. The van der Waals surface area contributed by atoms with Gasteiger partial charge < -0.3 is 14.6 Å². The van der Waals surface area contributed by atoms with E-state index in [1.807, 2.05) is 0 Å². The van der Waals surface area contributed by atoms with Crippen molar-refractivity contribution in [3.05, 3.63) is 34.8 Å².